The van der Waals surface area contributed by atoms with Gasteiger partial charge in [0.1, 0.15) is 11.4 Å². The Hall–Kier alpha value is -2.47. The molecule has 3 aromatic rings. The first kappa shape index (κ1) is 13.5. The van der Waals surface area contributed by atoms with Crippen molar-refractivity contribution in [2.75, 3.05) is 12.4 Å². The average molecular weight is 299 g/mol. The Morgan fingerprint density at radius 1 is 1.24 bits per heavy atom. The zero-order valence-corrected chi connectivity index (χ0v) is 12.4. The van der Waals surface area contributed by atoms with E-state index in [1.807, 2.05) is 31.2 Å². The molecule has 0 aliphatic rings. The summed E-state index contributed by atoms with van der Waals surface area (Å²) in [5, 5.41) is 3.33. The van der Waals surface area contributed by atoms with Crippen LogP contribution in [0, 0.1) is 6.92 Å². The van der Waals surface area contributed by atoms with Crippen LogP contribution in [0.15, 0.2) is 36.4 Å². The second-order valence-corrected chi connectivity index (χ2v) is 5.50. The van der Waals surface area contributed by atoms with Crippen molar-refractivity contribution in [2.45, 2.75) is 6.92 Å². The molecule has 1 N–H and O–H groups in total. The number of amides is 1. The van der Waals surface area contributed by atoms with Crippen LogP contribution in [0.3, 0.4) is 0 Å². The Morgan fingerprint density at radius 2 is 2.10 bits per heavy atom. The molecule has 106 valence electrons. The van der Waals surface area contributed by atoms with Crippen molar-refractivity contribution in [2.24, 2.45) is 0 Å². The fourth-order valence-electron chi connectivity index (χ4n) is 1.92. The average Bonchev–Trinajstić information content (AvgIpc) is 2.88. The fraction of sp³-hybridized carbons (Fsp3) is 0.133. The molecule has 2 heterocycles. The lowest BCUT2D eigenvalue weighted by molar-refractivity contribution is 0.102. The van der Waals surface area contributed by atoms with Crippen LogP contribution in [0.2, 0.25) is 0 Å². The van der Waals surface area contributed by atoms with Gasteiger partial charge in [0, 0.05) is 5.69 Å². The van der Waals surface area contributed by atoms with Crippen molar-refractivity contribution >= 4 is 32.6 Å². The zero-order chi connectivity index (χ0) is 14.8. The number of hydrogen-bond acceptors (Lipinski definition) is 5. The van der Waals surface area contributed by atoms with Gasteiger partial charge in [-0.3, -0.25) is 10.1 Å². The normalized spacial score (nSPS) is 10.6. The highest BCUT2D eigenvalue weighted by molar-refractivity contribution is 7.22. The highest BCUT2D eigenvalue weighted by Gasteiger charge is 2.11. The van der Waals surface area contributed by atoms with Crippen molar-refractivity contribution < 1.29 is 9.53 Å². The molecule has 0 aliphatic carbocycles. The van der Waals surface area contributed by atoms with E-state index in [0.29, 0.717) is 10.8 Å². The molecule has 0 saturated heterocycles. The van der Waals surface area contributed by atoms with Crippen LogP contribution >= 0.6 is 11.3 Å². The molecule has 5 nitrogen and oxygen atoms in total. The summed E-state index contributed by atoms with van der Waals surface area (Å²) < 4.78 is 6.14. The Morgan fingerprint density at radius 3 is 2.86 bits per heavy atom. The summed E-state index contributed by atoms with van der Waals surface area (Å²) in [5.41, 5.74) is 2.01. The lowest BCUT2D eigenvalue weighted by Crippen LogP contribution is -2.13. The number of aromatic nitrogens is 2. The van der Waals surface area contributed by atoms with Gasteiger partial charge in [-0.1, -0.05) is 17.4 Å². The molecule has 0 bridgehead atoms. The smallest absolute Gasteiger partial charge is 0.276 e. The highest BCUT2D eigenvalue weighted by Crippen LogP contribution is 2.29. The number of benzene rings is 1. The van der Waals surface area contributed by atoms with Crippen LogP contribution in [0.5, 0.6) is 5.75 Å². The number of hydrogen-bond donors (Lipinski definition) is 1. The van der Waals surface area contributed by atoms with E-state index in [-0.39, 0.29) is 5.91 Å². The summed E-state index contributed by atoms with van der Waals surface area (Å²) in [6.07, 6.45) is 0. The summed E-state index contributed by atoms with van der Waals surface area (Å²) in [6.45, 7) is 1.85. The van der Waals surface area contributed by atoms with Gasteiger partial charge in [0.2, 0.25) is 0 Å². The number of nitrogens with one attached hydrogen (secondary N) is 1. The van der Waals surface area contributed by atoms with E-state index in [1.165, 1.54) is 11.3 Å². The van der Waals surface area contributed by atoms with Gasteiger partial charge in [-0.2, -0.15) is 0 Å². The van der Waals surface area contributed by atoms with E-state index < -0.39 is 0 Å². The summed E-state index contributed by atoms with van der Waals surface area (Å²) >= 11 is 1.40. The first-order valence-corrected chi connectivity index (χ1v) is 7.17. The third kappa shape index (κ3) is 2.85. The number of rotatable bonds is 3. The lowest BCUT2D eigenvalue weighted by atomic mass is 10.3. The molecule has 0 unspecified atom stereocenters. The van der Waals surface area contributed by atoms with Crippen molar-refractivity contribution in [3.8, 4) is 5.75 Å². The topological polar surface area (TPSA) is 64.1 Å². The number of carbonyl (C=O) groups excluding carboxylic acids is 1. The molecule has 2 aromatic heterocycles. The minimum absolute atomic E-state index is 0.260. The summed E-state index contributed by atoms with van der Waals surface area (Å²) in [4.78, 5) is 20.7. The van der Waals surface area contributed by atoms with Gasteiger partial charge >= 0.3 is 0 Å². The Bertz CT molecular complexity index is 814. The van der Waals surface area contributed by atoms with E-state index >= 15 is 0 Å². The van der Waals surface area contributed by atoms with Gasteiger partial charge < -0.3 is 4.74 Å². The number of anilines is 1. The summed E-state index contributed by atoms with van der Waals surface area (Å²) in [7, 11) is 1.62. The lowest BCUT2D eigenvalue weighted by Gasteiger charge is -2.01. The van der Waals surface area contributed by atoms with Crippen LogP contribution < -0.4 is 10.1 Å². The predicted octanol–water partition coefficient (Wildman–Crippen LogP) is 3.26. The Kier molecular flexibility index (Phi) is 3.53. The molecule has 0 saturated carbocycles. The molecule has 1 aromatic carbocycles. The van der Waals surface area contributed by atoms with E-state index in [2.05, 4.69) is 15.3 Å². The third-order valence-corrected chi connectivity index (χ3v) is 3.87. The number of aryl methyl sites for hydroxylation is 1. The molecular weight excluding hydrogens is 286 g/mol. The minimum atomic E-state index is -0.260. The van der Waals surface area contributed by atoms with E-state index in [0.717, 1.165) is 21.7 Å². The van der Waals surface area contributed by atoms with Gasteiger partial charge in [-0.25, -0.2) is 9.97 Å². The summed E-state index contributed by atoms with van der Waals surface area (Å²) in [6, 6.07) is 10.9. The predicted molar refractivity (Wildman–Crippen MR) is 83.1 cm³/mol. The number of ether oxygens (including phenoxy) is 1. The first-order valence-electron chi connectivity index (χ1n) is 6.35. The van der Waals surface area contributed by atoms with Crippen LogP contribution in [0.25, 0.3) is 10.2 Å². The second kappa shape index (κ2) is 5.49. The largest absolute Gasteiger partial charge is 0.497 e. The van der Waals surface area contributed by atoms with Crippen LogP contribution in [0.1, 0.15) is 16.2 Å². The van der Waals surface area contributed by atoms with Gasteiger partial charge in [0.15, 0.2) is 5.13 Å². The fourth-order valence-corrected chi connectivity index (χ4v) is 2.81. The molecule has 21 heavy (non-hydrogen) atoms. The first-order chi connectivity index (χ1) is 10.2. The zero-order valence-electron chi connectivity index (χ0n) is 11.6. The second-order valence-electron chi connectivity index (χ2n) is 4.47. The molecular formula is C15H13N3O2S. The van der Waals surface area contributed by atoms with Crippen molar-refractivity contribution in [3.63, 3.8) is 0 Å². The molecule has 6 heteroatoms. The van der Waals surface area contributed by atoms with Crippen LogP contribution in [-0.2, 0) is 0 Å². The standard InChI is InChI=1S/C15H13N3O2S/c1-9-4-3-5-12(16-9)14(19)18-15-17-11-7-6-10(20-2)8-13(11)21-15/h3-8H,1-2H3,(H,17,18,19). The number of pyridine rings is 1. The van der Waals surface area contributed by atoms with Crippen LogP contribution in [0.4, 0.5) is 5.13 Å². The highest BCUT2D eigenvalue weighted by atomic mass is 32.1. The van der Waals surface area contributed by atoms with Gasteiger partial charge in [-0.05, 0) is 37.3 Å². The maximum Gasteiger partial charge on any atom is 0.276 e. The number of methoxy groups -OCH3 is 1. The van der Waals surface area contributed by atoms with Gasteiger partial charge in [0.05, 0.1) is 17.3 Å². The number of fused-ring (bicyclic) bond motifs is 1. The molecule has 0 aliphatic heterocycles. The number of nitrogens with zero attached hydrogens (tertiary/aromatic N) is 2. The number of carbonyl (C=O) groups is 1. The number of thiazole rings is 1. The quantitative estimate of drug-likeness (QED) is 0.806. The maximum atomic E-state index is 12.1. The third-order valence-electron chi connectivity index (χ3n) is 2.94. The van der Waals surface area contributed by atoms with Crippen molar-refractivity contribution in [3.05, 3.63) is 47.8 Å². The summed E-state index contributed by atoms with van der Waals surface area (Å²) in [5.74, 6) is 0.508. The van der Waals surface area contributed by atoms with Crippen molar-refractivity contribution in [1.29, 1.82) is 0 Å². The van der Waals surface area contributed by atoms with E-state index in [4.69, 9.17) is 4.74 Å². The molecule has 0 fully saturated rings. The van der Waals surface area contributed by atoms with Gasteiger partial charge in [-0.15, -0.1) is 0 Å². The van der Waals surface area contributed by atoms with E-state index in [9.17, 15) is 4.79 Å². The Labute approximate surface area is 125 Å². The molecule has 3 rings (SSSR count). The monoisotopic (exact) mass is 299 g/mol. The van der Waals surface area contributed by atoms with Gasteiger partial charge in [0.25, 0.3) is 5.91 Å². The minimum Gasteiger partial charge on any atom is -0.497 e. The Balaban J connectivity index is 1.86. The SMILES string of the molecule is COc1ccc2nc(NC(=O)c3cccc(C)n3)sc2c1. The molecule has 0 spiro atoms. The molecule has 0 radical (unpaired) electrons. The maximum absolute atomic E-state index is 12.1. The van der Waals surface area contributed by atoms with Crippen molar-refractivity contribution in [1.82, 2.24) is 9.97 Å². The van der Waals surface area contributed by atoms with Crippen LogP contribution in [-0.4, -0.2) is 23.0 Å². The van der Waals surface area contributed by atoms with E-state index in [1.54, 1.807) is 19.2 Å². The molecule has 0 atom stereocenters. The molecule has 1 amide bonds.